The van der Waals surface area contributed by atoms with Crippen LogP contribution in [0.3, 0.4) is 0 Å². The zero-order valence-corrected chi connectivity index (χ0v) is 17.9. The van der Waals surface area contributed by atoms with Crippen LogP contribution in [0.15, 0.2) is 48.0 Å². The van der Waals surface area contributed by atoms with Gasteiger partial charge in [0.05, 0.1) is 12.2 Å². The van der Waals surface area contributed by atoms with E-state index < -0.39 is 0 Å². The number of carbonyl (C=O) groups excluding carboxylic acids is 2. The van der Waals surface area contributed by atoms with E-state index in [0.717, 1.165) is 10.5 Å². The predicted octanol–water partition coefficient (Wildman–Crippen LogP) is 2.52. The maximum absolute atomic E-state index is 12.5. The fraction of sp³-hybridized carbons (Fsp3) is 0.286. The van der Waals surface area contributed by atoms with Crippen LogP contribution < -0.4 is 5.32 Å². The third kappa shape index (κ3) is 4.89. The standard InChI is InChI=1S/C21H22ClN5O2S/c22-20-17(27-12-13-30-21(27)24-20)6-7-19(29)26-10-8-25(9-11-26)15-18(28)23-14-16-4-2-1-3-5-16/h1-7,12-13H,8-11,14-15H2,(H,23,28)/b7-6+. The second-order valence-electron chi connectivity index (χ2n) is 7.04. The van der Waals surface area contributed by atoms with Gasteiger partial charge in [0.2, 0.25) is 11.8 Å². The first-order valence-corrected chi connectivity index (χ1v) is 11.0. The summed E-state index contributed by atoms with van der Waals surface area (Å²) in [6.07, 6.45) is 5.13. The van der Waals surface area contributed by atoms with Gasteiger partial charge in [-0.1, -0.05) is 41.9 Å². The molecule has 0 unspecified atom stereocenters. The summed E-state index contributed by atoms with van der Waals surface area (Å²) in [5, 5.41) is 5.25. The van der Waals surface area contributed by atoms with Crippen LogP contribution in [0.5, 0.6) is 0 Å². The lowest BCUT2D eigenvalue weighted by Crippen LogP contribution is -2.50. The van der Waals surface area contributed by atoms with Crippen molar-refractivity contribution < 1.29 is 9.59 Å². The molecule has 0 radical (unpaired) electrons. The number of fused-ring (bicyclic) bond motifs is 1. The topological polar surface area (TPSA) is 70.0 Å². The van der Waals surface area contributed by atoms with E-state index >= 15 is 0 Å². The number of halogens is 1. The minimum Gasteiger partial charge on any atom is -0.351 e. The molecular weight excluding hydrogens is 422 g/mol. The van der Waals surface area contributed by atoms with Gasteiger partial charge in [-0.05, 0) is 11.6 Å². The second-order valence-corrected chi connectivity index (χ2v) is 8.27. The average Bonchev–Trinajstić information content (AvgIpc) is 3.32. The van der Waals surface area contributed by atoms with Crippen LogP contribution in [0.25, 0.3) is 11.0 Å². The molecule has 0 bridgehead atoms. The zero-order valence-electron chi connectivity index (χ0n) is 16.3. The Balaban J connectivity index is 1.24. The number of nitrogens with zero attached hydrogens (tertiary/aromatic N) is 4. The van der Waals surface area contributed by atoms with Crippen LogP contribution in [0.4, 0.5) is 0 Å². The molecule has 1 aliphatic heterocycles. The largest absolute Gasteiger partial charge is 0.351 e. The van der Waals surface area contributed by atoms with E-state index in [9.17, 15) is 9.59 Å². The molecule has 7 nitrogen and oxygen atoms in total. The number of rotatable bonds is 6. The first-order chi connectivity index (χ1) is 14.6. The molecule has 1 fully saturated rings. The van der Waals surface area contributed by atoms with Gasteiger partial charge in [0.1, 0.15) is 0 Å². The first-order valence-electron chi connectivity index (χ1n) is 9.71. The Morgan fingerprint density at radius 3 is 2.70 bits per heavy atom. The summed E-state index contributed by atoms with van der Waals surface area (Å²) in [6.45, 7) is 3.37. The molecule has 1 saturated heterocycles. The van der Waals surface area contributed by atoms with Gasteiger partial charge >= 0.3 is 0 Å². The molecule has 4 rings (SSSR count). The van der Waals surface area contributed by atoms with Crippen LogP contribution in [0.1, 0.15) is 11.3 Å². The highest BCUT2D eigenvalue weighted by molar-refractivity contribution is 7.15. The lowest BCUT2D eigenvalue weighted by atomic mass is 10.2. The summed E-state index contributed by atoms with van der Waals surface area (Å²) >= 11 is 7.66. The van der Waals surface area contributed by atoms with Gasteiger partial charge < -0.3 is 10.2 Å². The molecule has 0 spiro atoms. The maximum atomic E-state index is 12.5. The Morgan fingerprint density at radius 1 is 1.17 bits per heavy atom. The molecular formula is C21H22ClN5O2S. The monoisotopic (exact) mass is 443 g/mol. The van der Waals surface area contributed by atoms with Crippen LogP contribution in [0.2, 0.25) is 5.15 Å². The average molecular weight is 444 g/mol. The quantitative estimate of drug-likeness (QED) is 0.594. The van der Waals surface area contributed by atoms with Crippen molar-refractivity contribution in [3.63, 3.8) is 0 Å². The van der Waals surface area contributed by atoms with Crippen LogP contribution >= 0.6 is 22.9 Å². The Kier molecular flexibility index (Phi) is 6.47. The van der Waals surface area contributed by atoms with Crippen LogP contribution in [-0.4, -0.2) is 63.7 Å². The number of piperazine rings is 1. The summed E-state index contributed by atoms with van der Waals surface area (Å²) < 4.78 is 1.86. The van der Waals surface area contributed by atoms with Crippen molar-refractivity contribution in [2.75, 3.05) is 32.7 Å². The lowest BCUT2D eigenvalue weighted by molar-refractivity contribution is -0.128. The molecule has 2 amide bonds. The summed E-state index contributed by atoms with van der Waals surface area (Å²) in [5.41, 5.74) is 1.78. The number of hydrogen-bond donors (Lipinski definition) is 1. The second kappa shape index (κ2) is 9.42. The van der Waals surface area contributed by atoms with Gasteiger partial charge in [-0.25, -0.2) is 4.98 Å². The molecule has 0 saturated carbocycles. The summed E-state index contributed by atoms with van der Waals surface area (Å²) in [7, 11) is 0. The number of amides is 2. The molecule has 9 heteroatoms. The van der Waals surface area contributed by atoms with E-state index in [1.807, 2.05) is 46.3 Å². The van der Waals surface area contributed by atoms with Crippen molar-refractivity contribution in [3.8, 4) is 0 Å². The van der Waals surface area contributed by atoms with Crippen molar-refractivity contribution in [1.29, 1.82) is 0 Å². The number of benzene rings is 1. The van der Waals surface area contributed by atoms with Crippen LogP contribution in [-0.2, 0) is 16.1 Å². The van der Waals surface area contributed by atoms with Gasteiger partial charge in [-0.15, -0.1) is 11.3 Å². The van der Waals surface area contributed by atoms with Gasteiger partial charge in [-0.2, -0.15) is 0 Å². The highest BCUT2D eigenvalue weighted by atomic mass is 35.5. The smallest absolute Gasteiger partial charge is 0.246 e. The molecule has 3 heterocycles. The fourth-order valence-corrected chi connectivity index (χ4v) is 4.37. The normalized spacial score (nSPS) is 15.2. The Labute approximate surface area is 183 Å². The number of aromatic nitrogens is 2. The minimum absolute atomic E-state index is 0.00585. The molecule has 3 aromatic rings. The highest BCUT2D eigenvalue weighted by Gasteiger charge is 2.21. The summed E-state index contributed by atoms with van der Waals surface area (Å²) in [6, 6.07) is 9.83. The predicted molar refractivity (Wildman–Crippen MR) is 118 cm³/mol. The fourth-order valence-electron chi connectivity index (χ4n) is 3.36. The van der Waals surface area contributed by atoms with Gasteiger partial charge in [-0.3, -0.25) is 18.9 Å². The van der Waals surface area contributed by atoms with Crippen molar-refractivity contribution in [1.82, 2.24) is 24.5 Å². The van der Waals surface area contributed by atoms with E-state index in [1.165, 1.54) is 17.4 Å². The number of carbonyl (C=O) groups is 2. The molecule has 30 heavy (non-hydrogen) atoms. The van der Waals surface area contributed by atoms with Gasteiger partial charge in [0.15, 0.2) is 10.1 Å². The van der Waals surface area contributed by atoms with Crippen LogP contribution in [0, 0.1) is 0 Å². The molecule has 2 aromatic heterocycles. The van der Waals surface area contributed by atoms with Crippen molar-refractivity contribution in [3.05, 3.63) is 64.4 Å². The van der Waals surface area contributed by atoms with Gasteiger partial charge in [0.25, 0.3) is 0 Å². The van der Waals surface area contributed by atoms with E-state index in [1.54, 1.807) is 11.0 Å². The number of thiazole rings is 1. The lowest BCUT2D eigenvalue weighted by Gasteiger charge is -2.33. The maximum Gasteiger partial charge on any atom is 0.246 e. The number of hydrogen-bond acceptors (Lipinski definition) is 5. The third-order valence-electron chi connectivity index (χ3n) is 5.02. The number of imidazole rings is 1. The molecule has 1 aliphatic rings. The molecule has 156 valence electrons. The first kappa shape index (κ1) is 20.6. The van der Waals surface area contributed by atoms with E-state index in [-0.39, 0.29) is 11.8 Å². The molecule has 0 aliphatic carbocycles. The zero-order chi connectivity index (χ0) is 20.9. The summed E-state index contributed by atoms with van der Waals surface area (Å²) in [4.78, 5) is 33.6. The molecule has 0 atom stereocenters. The Hall–Kier alpha value is -2.68. The Morgan fingerprint density at radius 2 is 1.93 bits per heavy atom. The molecule has 1 aromatic carbocycles. The Bertz CT molecular complexity index is 1050. The van der Waals surface area contributed by atoms with Crippen molar-refractivity contribution in [2.45, 2.75) is 6.54 Å². The SMILES string of the molecule is O=C(CN1CCN(C(=O)/C=C/c2c(Cl)nc3sccn23)CC1)NCc1ccccc1. The minimum atomic E-state index is -0.0653. The van der Waals surface area contributed by atoms with Gasteiger partial charge in [0, 0.05) is 50.4 Å². The highest BCUT2D eigenvalue weighted by Crippen LogP contribution is 2.22. The van der Waals surface area contributed by atoms with Crippen molar-refractivity contribution >= 4 is 45.8 Å². The van der Waals surface area contributed by atoms with E-state index in [2.05, 4.69) is 15.2 Å². The number of nitrogens with one attached hydrogen (secondary N) is 1. The molecule has 1 N–H and O–H groups in total. The summed E-state index contributed by atoms with van der Waals surface area (Å²) in [5.74, 6) is -0.0712. The van der Waals surface area contributed by atoms with E-state index in [0.29, 0.717) is 50.1 Å². The third-order valence-corrected chi connectivity index (χ3v) is 6.06. The van der Waals surface area contributed by atoms with E-state index in [4.69, 9.17) is 11.6 Å². The van der Waals surface area contributed by atoms with Crippen molar-refractivity contribution in [2.24, 2.45) is 0 Å².